The number of ether oxygens (including phenoxy) is 1. The Balaban J connectivity index is 1.64. The summed E-state index contributed by atoms with van der Waals surface area (Å²) < 4.78 is 31.9. The summed E-state index contributed by atoms with van der Waals surface area (Å²) in [6.07, 6.45) is 1.05. The second-order valence-electron chi connectivity index (χ2n) is 5.42. The van der Waals surface area contributed by atoms with Crippen molar-refractivity contribution in [1.29, 1.82) is 0 Å². The van der Waals surface area contributed by atoms with E-state index in [-0.39, 0.29) is 12.5 Å². The Bertz CT molecular complexity index is 797. The number of anilines is 1. The van der Waals surface area contributed by atoms with E-state index in [9.17, 15) is 13.2 Å². The Morgan fingerprint density at radius 1 is 1.25 bits per heavy atom. The number of rotatable bonds is 6. The topological polar surface area (TPSA) is 66.9 Å². The maximum Gasteiger partial charge on any atom is 0.273 e. The maximum atomic E-state index is 12.5. The molecule has 0 saturated carbocycles. The molecule has 128 valence electrons. The normalized spacial score (nSPS) is 14.1. The van der Waals surface area contributed by atoms with Gasteiger partial charge >= 0.3 is 0 Å². The molecule has 2 heterocycles. The number of thiophene rings is 1. The zero-order valence-electron chi connectivity index (χ0n) is 13.2. The van der Waals surface area contributed by atoms with Gasteiger partial charge in [-0.1, -0.05) is 6.07 Å². The first kappa shape index (κ1) is 16.8. The molecule has 24 heavy (non-hydrogen) atoms. The van der Waals surface area contributed by atoms with Crippen molar-refractivity contribution in [3.8, 4) is 5.75 Å². The summed E-state index contributed by atoms with van der Waals surface area (Å²) >= 11 is 1.18. The molecule has 0 bridgehead atoms. The molecule has 0 radical (unpaired) electrons. The Kier molecular flexibility index (Phi) is 4.77. The molecule has 1 fully saturated rings. The van der Waals surface area contributed by atoms with Crippen LogP contribution in [-0.4, -0.2) is 46.0 Å². The minimum Gasteiger partial charge on any atom is -0.484 e. The molecule has 0 unspecified atom stereocenters. The Labute approximate surface area is 145 Å². The van der Waals surface area contributed by atoms with E-state index in [4.69, 9.17) is 4.74 Å². The number of hydrogen-bond donors (Lipinski definition) is 0. The average molecular weight is 366 g/mol. The van der Waals surface area contributed by atoms with E-state index in [2.05, 4.69) is 0 Å². The van der Waals surface area contributed by atoms with Gasteiger partial charge in [0.2, 0.25) is 0 Å². The van der Waals surface area contributed by atoms with Crippen LogP contribution in [0.3, 0.4) is 0 Å². The second-order valence-corrected chi connectivity index (χ2v) is 8.57. The third kappa shape index (κ3) is 3.39. The van der Waals surface area contributed by atoms with Crippen molar-refractivity contribution in [2.24, 2.45) is 0 Å². The van der Waals surface area contributed by atoms with E-state index >= 15 is 0 Å². The molecule has 2 aromatic rings. The van der Waals surface area contributed by atoms with Crippen molar-refractivity contribution in [1.82, 2.24) is 4.90 Å². The summed E-state index contributed by atoms with van der Waals surface area (Å²) in [5, 5.41) is 1.73. The lowest BCUT2D eigenvalue weighted by Crippen LogP contribution is -2.44. The molecule has 3 rings (SSSR count). The average Bonchev–Trinajstić information content (AvgIpc) is 3.06. The predicted molar refractivity (Wildman–Crippen MR) is 93.0 cm³/mol. The fraction of sp³-hybridized carbons (Fsp3) is 0.312. The molecule has 0 aliphatic carbocycles. The van der Waals surface area contributed by atoms with Crippen LogP contribution in [0, 0.1) is 0 Å². The highest BCUT2D eigenvalue weighted by Crippen LogP contribution is 2.26. The molecule has 1 aromatic carbocycles. The summed E-state index contributed by atoms with van der Waals surface area (Å²) in [5.74, 6) is 0.511. The summed E-state index contributed by atoms with van der Waals surface area (Å²) in [5.41, 5.74) is 0.532. The lowest BCUT2D eigenvalue weighted by molar-refractivity contribution is -0.136. The number of carbonyl (C=O) groups excluding carboxylic acids is 1. The van der Waals surface area contributed by atoms with Crippen LogP contribution < -0.4 is 9.04 Å². The molecule has 1 saturated heterocycles. The van der Waals surface area contributed by atoms with Gasteiger partial charge in [-0.05, 0) is 42.1 Å². The molecule has 6 nitrogen and oxygen atoms in total. The Morgan fingerprint density at radius 2 is 1.96 bits per heavy atom. The minimum absolute atomic E-state index is 0.00266. The van der Waals surface area contributed by atoms with Crippen molar-refractivity contribution in [3.05, 3.63) is 41.8 Å². The fourth-order valence-corrected chi connectivity index (χ4v) is 4.59. The second kappa shape index (κ2) is 6.82. The molecule has 1 amide bonds. The van der Waals surface area contributed by atoms with Gasteiger partial charge in [-0.2, -0.15) is 0 Å². The maximum absolute atomic E-state index is 12.5. The Hall–Kier alpha value is -2.06. The van der Waals surface area contributed by atoms with Gasteiger partial charge in [0.05, 0.1) is 5.69 Å². The predicted octanol–water partition coefficient (Wildman–Crippen LogP) is 2.18. The molecule has 8 heteroatoms. The highest BCUT2D eigenvalue weighted by atomic mass is 32.2. The van der Waals surface area contributed by atoms with Crippen molar-refractivity contribution in [2.75, 3.05) is 31.0 Å². The molecule has 0 atom stereocenters. The van der Waals surface area contributed by atoms with Crippen LogP contribution in [0.2, 0.25) is 0 Å². The van der Waals surface area contributed by atoms with E-state index in [0.717, 1.165) is 19.5 Å². The zero-order valence-corrected chi connectivity index (χ0v) is 14.8. The largest absolute Gasteiger partial charge is 0.484 e. The van der Waals surface area contributed by atoms with E-state index in [1.807, 2.05) is 0 Å². The summed E-state index contributed by atoms with van der Waals surface area (Å²) in [6, 6.07) is 9.94. The van der Waals surface area contributed by atoms with Crippen LogP contribution in [0.4, 0.5) is 5.69 Å². The molecule has 1 aliphatic heterocycles. The van der Waals surface area contributed by atoms with E-state index < -0.39 is 10.0 Å². The van der Waals surface area contributed by atoms with E-state index in [1.165, 1.54) is 22.7 Å². The smallest absolute Gasteiger partial charge is 0.273 e. The van der Waals surface area contributed by atoms with Crippen LogP contribution in [0.5, 0.6) is 5.75 Å². The zero-order chi connectivity index (χ0) is 17.2. The quantitative estimate of drug-likeness (QED) is 0.786. The molecule has 0 spiro atoms. The van der Waals surface area contributed by atoms with E-state index in [0.29, 0.717) is 15.6 Å². The first-order valence-electron chi connectivity index (χ1n) is 7.51. The fourth-order valence-electron chi connectivity index (χ4n) is 2.24. The number of nitrogens with zero attached hydrogens (tertiary/aromatic N) is 2. The molecule has 1 aliphatic rings. The van der Waals surface area contributed by atoms with Crippen LogP contribution in [-0.2, 0) is 14.8 Å². The van der Waals surface area contributed by atoms with Gasteiger partial charge in [0.1, 0.15) is 9.96 Å². The summed E-state index contributed by atoms with van der Waals surface area (Å²) in [6.45, 7) is 1.60. The standard InChI is InChI=1S/C16H18N2O4S2/c1-17(24(20,21)16-4-2-11-23-16)13-5-7-14(8-6-13)22-12-15(19)18-9-3-10-18/h2,4-8,11H,3,9-10,12H2,1H3. The number of hydrogen-bond acceptors (Lipinski definition) is 5. The van der Waals surface area contributed by atoms with Crippen LogP contribution in [0.15, 0.2) is 46.0 Å². The van der Waals surface area contributed by atoms with Gasteiger partial charge in [-0.15, -0.1) is 11.3 Å². The van der Waals surface area contributed by atoms with Crippen LogP contribution in [0.25, 0.3) is 0 Å². The Morgan fingerprint density at radius 3 is 2.50 bits per heavy atom. The number of likely N-dealkylation sites (tertiary alicyclic amines) is 1. The first-order chi connectivity index (χ1) is 11.5. The van der Waals surface area contributed by atoms with E-state index in [1.54, 1.807) is 46.7 Å². The van der Waals surface area contributed by atoms with Gasteiger partial charge < -0.3 is 9.64 Å². The van der Waals surface area contributed by atoms with Gasteiger partial charge in [0.15, 0.2) is 6.61 Å². The molecular weight excluding hydrogens is 348 g/mol. The van der Waals surface area contributed by atoms with Crippen molar-refractivity contribution >= 4 is 33.0 Å². The summed E-state index contributed by atoms with van der Waals surface area (Å²) in [4.78, 5) is 13.5. The molecular formula is C16H18N2O4S2. The van der Waals surface area contributed by atoms with Crippen molar-refractivity contribution in [3.63, 3.8) is 0 Å². The highest BCUT2D eigenvalue weighted by Gasteiger charge is 2.22. The number of amides is 1. The number of benzene rings is 1. The molecule has 1 aromatic heterocycles. The van der Waals surface area contributed by atoms with Gasteiger partial charge in [0.25, 0.3) is 15.9 Å². The van der Waals surface area contributed by atoms with Gasteiger partial charge in [-0.25, -0.2) is 8.42 Å². The SMILES string of the molecule is CN(c1ccc(OCC(=O)N2CCC2)cc1)S(=O)(=O)c1cccs1. The summed E-state index contributed by atoms with van der Waals surface area (Å²) in [7, 11) is -2.03. The lowest BCUT2D eigenvalue weighted by Gasteiger charge is -2.30. The minimum atomic E-state index is -3.54. The van der Waals surface area contributed by atoms with Gasteiger partial charge in [-0.3, -0.25) is 9.10 Å². The van der Waals surface area contributed by atoms with Crippen LogP contribution in [0.1, 0.15) is 6.42 Å². The highest BCUT2D eigenvalue weighted by molar-refractivity contribution is 7.94. The first-order valence-corrected chi connectivity index (χ1v) is 9.83. The lowest BCUT2D eigenvalue weighted by atomic mass is 10.2. The monoisotopic (exact) mass is 366 g/mol. The van der Waals surface area contributed by atoms with Crippen molar-refractivity contribution < 1.29 is 17.9 Å². The van der Waals surface area contributed by atoms with Gasteiger partial charge in [0, 0.05) is 20.1 Å². The third-order valence-corrected chi connectivity index (χ3v) is 7.04. The van der Waals surface area contributed by atoms with Crippen molar-refractivity contribution in [2.45, 2.75) is 10.6 Å². The third-order valence-electron chi connectivity index (χ3n) is 3.88. The number of carbonyl (C=O) groups is 1. The molecule has 0 N–H and O–H groups in total. The number of sulfonamides is 1. The van der Waals surface area contributed by atoms with Crippen LogP contribution >= 0.6 is 11.3 Å².